The van der Waals surface area contributed by atoms with Crippen molar-refractivity contribution >= 4 is 17.1 Å². The number of aryl methyl sites for hydroxylation is 1. The van der Waals surface area contributed by atoms with Crippen LogP contribution in [0.15, 0.2) is 85.2 Å². The number of allylic oxidation sites excluding steroid dienone is 1. The SMILES string of the molecule is COc1ccc(COc2ccc(/C=C/CCn3cnc4ccccc43)cc2)cc1. The Labute approximate surface area is 171 Å². The largest absolute Gasteiger partial charge is 0.497 e. The molecule has 0 amide bonds. The second-order valence-electron chi connectivity index (χ2n) is 6.82. The lowest BCUT2D eigenvalue weighted by Gasteiger charge is -2.07. The van der Waals surface area contributed by atoms with Crippen molar-refractivity contribution in [3.8, 4) is 11.5 Å². The van der Waals surface area contributed by atoms with E-state index in [1.807, 2.05) is 54.9 Å². The lowest BCUT2D eigenvalue weighted by Crippen LogP contribution is -1.95. The number of nitrogens with zero attached hydrogens (tertiary/aromatic N) is 2. The van der Waals surface area contributed by atoms with Gasteiger partial charge in [0.15, 0.2) is 0 Å². The Bertz CT molecular complexity index is 1080. The van der Waals surface area contributed by atoms with E-state index in [-0.39, 0.29) is 0 Å². The maximum atomic E-state index is 5.86. The number of imidazole rings is 1. The van der Waals surface area contributed by atoms with Crippen LogP contribution < -0.4 is 9.47 Å². The van der Waals surface area contributed by atoms with Crippen LogP contribution in [0.5, 0.6) is 11.5 Å². The molecule has 0 unspecified atom stereocenters. The minimum absolute atomic E-state index is 0.540. The molecule has 0 aliphatic rings. The van der Waals surface area contributed by atoms with E-state index in [0.717, 1.165) is 41.1 Å². The summed E-state index contributed by atoms with van der Waals surface area (Å²) in [5, 5.41) is 0. The fourth-order valence-corrected chi connectivity index (χ4v) is 3.19. The Balaban J connectivity index is 1.27. The molecule has 4 nitrogen and oxygen atoms in total. The van der Waals surface area contributed by atoms with E-state index in [1.54, 1.807) is 7.11 Å². The number of fused-ring (bicyclic) bond motifs is 1. The standard InChI is InChI=1S/C25H24N2O2/c1-28-22-13-11-21(12-14-22)18-29-23-15-9-20(10-16-23)6-4-5-17-27-19-26-24-7-2-3-8-25(24)27/h2-4,6-16,19H,5,17-18H2,1H3/b6-4+. The molecule has 1 aromatic heterocycles. The fraction of sp³-hybridized carbons (Fsp3) is 0.160. The summed E-state index contributed by atoms with van der Waals surface area (Å²) < 4.78 is 13.2. The van der Waals surface area contributed by atoms with E-state index in [4.69, 9.17) is 9.47 Å². The van der Waals surface area contributed by atoms with Gasteiger partial charge in [0.2, 0.25) is 0 Å². The molecule has 0 bridgehead atoms. The molecule has 4 aromatic rings. The van der Waals surface area contributed by atoms with Crippen LogP contribution in [0.25, 0.3) is 17.1 Å². The van der Waals surface area contributed by atoms with Crippen LogP contribution in [-0.4, -0.2) is 16.7 Å². The van der Waals surface area contributed by atoms with E-state index in [1.165, 1.54) is 5.52 Å². The average molecular weight is 384 g/mol. The lowest BCUT2D eigenvalue weighted by atomic mass is 10.2. The second-order valence-corrected chi connectivity index (χ2v) is 6.82. The molecular formula is C25H24N2O2. The molecule has 0 aliphatic heterocycles. The lowest BCUT2D eigenvalue weighted by molar-refractivity contribution is 0.306. The summed E-state index contributed by atoms with van der Waals surface area (Å²) in [5.41, 5.74) is 4.50. The van der Waals surface area contributed by atoms with Gasteiger partial charge in [-0.2, -0.15) is 0 Å². The van der Waals surface area contributed by atoms with Gasteiger partial charge in [-0.25, -0.2) is 4.98 Å². The van der Waals surface area contributed by atoms with Crippen LogP contribution >= 0.6 is 0 Å². The van der Waals surface area contributed by atoms with Crippen molar-refractivity contribution < 1.29 is 9.47 Å². The molecule has 146 valence electrons. The van der Waals surface area contributed by atoms with Gasteiger partial charge >= 0.3 is 0 Å². The zero-order valence-corrected chi connectivity index (χ0v) is 16.5. The quantitative estimate of drug-likeness (QED) is 0.389. The molecule has 0 N–H and O–H groups in total. The third-order valence-electron chi connectivity index (χ3n) is 4.82. The van der Waals surface area contributed by atoms with Crippen LogP contribution in [-0.2, 0) is 13.2 Å². The third kappa shape index (κ3) is 4.85. The van der Waals surface area contributed by atoms with Gasteiger partial charge in [0.25, 0.3) is 0 Å². The normalized spacial score (nSPS) is 11.2. The molecule has 29 heavy (non-hydrogen) atoms. The molecule has 0 aliphatic carbocycles. The first-order valence-electron chi connectivity index (χ1n) is 9.74. The first kappa shape index (κ1) is 18.8. The van der Waals surface area contributed by atoms with Crippen LogP contribution in [0.3, 0.4) is 0 Å². The van der Waals surface area contributed by atoms with E-state index >= 15 is 0 Å². The topological polar surface area (TPSA) is 36.3 Å². The van der Waals surface area contributed by atoms with Gasteiger partial charge in [-0.3, -0.25) is 0 Å². The molecule has 4 heteroatoms. The van der Waals surface area contributed by atoms with Gasteiger partial charge in [0.1, 0.15) is 18.1 Å². The van der Waals surface area contributed by atoms with Crippen molar-refractivity contribution in [3.05, 3.63) is 96.3 Å². The average Bonchev–Trinajstić information content (AvgIpc) is 3.19. The Hall–Kier alpha value is -3.53. The van der Waals surface area contributed by atoms with Gasteiger partial charge in [0.05, 0.1) is 24.5 Å². The summed E-state index contributed by atoms with van der Waals surface area (Å²) in [4.78, 5) is 4.43. The zero-order chi connectivity index (χ0) is 19.9. The summed E-state index contributed by atoms with van der Waals surface area (Å²) in [7, 11) is 1.67. The number of hydrogen-bond acceptors (Lipinski definition) is 3. The Kier molecular flexibility index (Phi) is 5.91. The molecule has 4 rings (SSSR count). The van der Waals surface area contributed by atoms with Crippen LogP contribution in [0.1, 0.15) is 17.5 Å². The Morgan fingerprint density at radius 1 is 0.897 bits per heavy atom. The van der Waals surface area contributed by atoms with Crippen LogP contribution in [0, 0.1) is 0 Å². The van der Waals surface area contributed by atoms with Crippen molar-refractivity contribution in [3.63, 3.8) is 0 Å². The van der Waals surface area contributed by atoms with E-state index < -0.39 is 0 Å². The molecule has 0 radical (unpaired) electrons. The Morgan fingerprint density at radius 3 is 2.45 bits per heavy atom. The van der Waals surface area contributed by atoms with E-state index in [0.29, 0.717) is 6.61 Å². The van der Waals surface area contributed by atoms with Crippen molar-refractivity contribution in [1.29, 1.82) is 0 Å². The molecular weight excluding hydrogens is 360 g/mol. The second kappa shape index (κ2) is 9.11. The highest BCUT2D eigenvalue weighted by molar-refractivity contribution is 5.74. The number of hydrogen-bond donors (Lipinski definition) is 0. The molecule has 1 heterocycles. The predicted octanol–water partition coefficient (Wildman–Crippen LogP) is 5.73. The number of benzene rings is 3. The number of ether oxygens (including phenoxy) is 2. The Morgan fingerprint density at radius 2 is 1.66 bits per heavy atom. The highest BCUT2D eigenvalue weighted by Crippen LogP contribution is 2.17. The first-order valence-corrected chi connectivity index (χ1v) is 9.74. The molecule has 0 atom stereocenters. The molecule has 0 spiro atoms. The third-order valence-corrected chi connectivity index (χ3v) is 4.82. The van der Waals surface area contributed by atoms with Gasteiger partial charge in [-0.1, -0.05) is 48.6 Å². The number of aromatic nitrogens is 2. The van der Waals surface area contributed by atoms with Crippen molar-refractivity contribution in [1.82, 2.24) is 9.55 Å². The van der Waals surface area contributed by atoms with Gasteiger partial charge in [-0.05, 0) is 53.9 Å². The summed E-state index contributed by atoms with van der Waals surface area (Å²) in [6.45, 7) is 1.46. The molecule has 3 aromatic carbocycles. The summed E-state index contributed by atoms with van der Waals surface area (Å²) >= 11 is 0. The van der Waals surface area contributed by atoms with Crippen LogP contribution in [0.2, 0.25) is 0 Å². The van der Waals surface area contributed by atoms with Crippen molar-refractivity contribution in [2.75, 3.05) is 7.11 Å². The molecule has 0 saturated carbocycles. The zero-order valence-electron chi connectivity index (χ0n) is 16.5. The van der Waals surface area contributed by atoms with Gasteiger partial charge in [0, 0.05) is 6.54 Å². The molecule has 0 fully saturated rings. The summed E-state index contributed by atoms with van der Waals surface area (Å²) in [6, 6.07) is 24.3. The smallest absolute Gasteiger partial charge is 0.119 e. The maximum absolute atomic E-state index is 5.86. The number of rotatable bonds is 8. The molecule has 0 saturated heterocycles. The highest BCUT2D eigenvalue weighted by Gasteiger charge is 2.00. The van der Waals surface area contributed by atoms with Crippen LogP contribution in [0.4, 0.5) is 0 Å². The maximum Gasteiger partial charge on any atom is 0.119 e. The minimum atomic E-state index is 0.540. The first-order chi connectivity index (χ1) is 14.3. The summed E-state index contributed by atoms with van der Waals surface area (Å²) in [5.74, 6) is 1.72. The predicted molar refractivity (Wildman–Crippen MR) is 117 cm³/mol. The van der Waals surface area contributed by atoms with Crippen molar-refractivity contribution in [2.24, 2.45) is 0 Å². The van der Waals surface area contributed by atoms with Gasteiger partial charge in [-0.15, -0.1) is 0 Å². The highest BCUT2D eigenvalue weighted by atomic mass is 16.5. The van der Waals surface area contributed by atoms with E-state index in [9.17, 15) is 0 Å². The fourth-order valence-electron chi connectivity index (χ4n) is 3.19. The monoisotopic (exact) mass is 384 g/mol. The number of para-hydroxylation sites is 2. The number of methoxy groups -OCH3 is 1. The minimum Gasteiger partial charge on any atom is -0.497 e. The summed E-state index contributed by atoms with van der Waals surface area (Å²) in [6.07, 6.45) is 7.21. The van der Waals surface area contributed by atoms with E-state index in [2.05, 4.69) is 46.0 Å². The van der Waals surface area contributed by atoms with Gasteiger partial charge < -0.3 is 14.0 Å². The van der Waals surface area contributed by atoms with Crippen molar-refractivity contribution in [2.45, 2.75) is 19.6 Å².